The Kier molecular flexibility index (Phi) is 4.35. The van der Waals surface area contributed by atoms with Crippen molar-refractivity contribution < 1.29 is 8.95 Å². The predicted molar refractivity (Wildman–Crippen MR) is 73.8 cm³/mol. The van der Waals surface area contributed by atoms with E-state index in [9.17, 15) is 4.21 Å². The van der Waals surface area contributed by atoms with Gasteiger partial charge in [0.2, 0.25) is 0 Å². The van der Waals surface area contributed by atoms with E-state index in [0.717, 1.165) is 48.6 Å². The third-order valence-corrected chi connectivity index (χ3v) is 5.27. The van der Waals surface area contributed by atoms with Crippen LogP contribution in [0.1, 0.15) is 29.7 Å². The molecule has 1 atom stereocenters. The number of rotatable bonds is 3. The number of nitrogens with zero attached hydrogens (tertiary/aromatic N) is 1. The summed E-state index contributed by atoms with van der Waals surface area (Å²) in [6.07, 6.45) is 3.53. The van der Waals surface area contributed by atoms with Crippen molar-refractivity contribution in [2.24, 2.45) is 0 Å². The number of ether oxygens (including phenoxy) is 1. The highest BCUT2D eigenvalue weighted by molar-refractivity contribution is 7.84. The van der Waals surface area contributed by atoms with Gasteiger partial charge in [0, 0.05) is 41.1 Å². The Labute approximate surface area is 110 Å². The van der Waals surface area contributed by atoms with E-state index in [4.69, 9.17) is 10.5 Å². The molecule has 1 aromatic rings. The zero-order valence-electron chi connectivity index (χ0n) is 10.9. The summed E-state index contributed by atoms with van der Waals surface area (Å²) in [4.78, 5) is 4.37. The maximum atomic E-state index is 12.3. The Morgan fingerprint density at radius 1 is 1.44 bits per heavy atom. The molecule has 18 heavy (non-hydrogen) atoms. The van der Waals surface area contributed by atoms with E-state index in [1.807, 2.05) is 13.8 Å². The van der Waals surface area contributed by atoms with Crippen LogP contribution >= 0.6 is 0 Å². The molecule has 1 aliphatic heterocycles. The van der Waals surface area contributed by atoms with Crippen molar-refractivity contribution in [3.8, 4) is 0 Å². The third-order valence-electron chi connectivity index (χ3n) is 3.49. The van der Waals surface area contributed by atoms with Crippen LogP contribution in [0.25, 0.3) is 0 Å². The summed E-state index contributed by atoms with van der Waals surface area (Å²) in [5.74, 6) is 0.501. The van der Waals surface area contributed by atoms with Crippen LogP contribution in [0.2, 0.25) is 0 Å². The second kappa shape index (κ2) is 5.80. The molecule has 1 aromatic heterocycles. The molecule has 0 radical (unpaired) electrons. The van der Waals surface area contributed by atoms with Gasteiger partial charge in [-0.2, -0.15) is 0 Å². The highest BCUT2D eigenvalue weighted by Crippen LogP contribution is 2.22. The monoisotopic (exact) mass is 268 g/mol. The number of hydrogen-bond acceptors (Lipinski definition) is 4. The summed E-state index contributed by atoms with van der Waals surface area (Å²) in [6, 6.07) is 0. The van der Waals surface area contributed by atoms with Gasteiger partial charge in [-0.25, -0.2) is 0 Å². The van der Waals surface area contributed by atoms with Gasteiger partial charge in [-0.15, -0.1) is 0 Å². The van der Waals surface area contributed by atoms with Crippen molar-refractivity contribution in [3.05, 3.63) is 23.0 Å². The quantitative estimate of drug-likeness (QED) is 0.906. The number of aryl methyl sites for hydroxylation is 1. The zero-order chi connectivity index (χ0) is 13.1. The van der Waals surface area contributed by atoms with Crippen LogP contribution in [0, 0.1) is 13.8 Å². The van der Waals surface area contributed by atoms with Crippen LogP contribution in [0.3, 0.4) is 0 Å². The first-order chi connectivity index (χ1) is 8.59. The molecule has 2 heterocycles. The first-order valence-corrected chi connectivity index (χ1v) is 7.63. The number of aromatic nitrogens is 1. The van der Waals surface area contributed by atoms with Gasteiger partial charge < -0.3 is 10.5 Å². The maximum absolute atomic E-state index is 12.3. The lowest BCUT2D eigenvalue weighted by Gasteiger charge is -2.21. The molecule has 5 heteroatoms. The molecule has 0 bridgehead atoms. The van der Waals surface area contributed by atoms with E-state index in [-0.39, 0.29) is 5.25 Å². The predicted octanol–water partition coefficient (Wildman–Crippen LogP) is 1.71. The topological polar surface area (TPSA) is 65.2 Å². The lowest BCUT2D eigenvalue weighted by atomic mass is 10.1. The molecule has 100 valence electrons. The number of nitrogen functional groups attached to an aromatic ring is 1. The molecular weight excluding hydrogens is 248 g/mol. The molecule has 0 spiro atoms. The summed E-state index contributed by atoms with van der Waals surface area (Å²) in [5, 5.41) is 0.238. The Morgan fingerprint density at radius 3 is 2.78 bits per heavy atom. The Morgan fingerprint density at radius 2 is 2.11 bits per heavy atom. The zero-order valence-corrected chi connectivity index (χ0v) is 11.8. The molecule has 2 N–H and O–H groups in total. The SMILES string of the molecule is Cc1cnc(CS(=O)C2CCOCC2)c(C)c1N. The van der Waals surface area contributed by atoms with Crippen LogP contribution in [-0.4, -0.2) is 27.7 Å². The first kappa shape index (κ1) is 13.5. The average molecular weight is 268 g/mol. The smallest absolute Gasteiger partial charge is 0.0665 e. The van der Waals surface area contributed by atoms with Crippen molar-refractivity contribution in [2.75, 3.05) is 18.9 Å². The Balaban J connectivity index is 2.09. The number of anilines is 1. The summed E-state index contributed by atoms with van der Waals surface area (Å²) in [5.41, 5.74) is 9.56. The van der Waals surface area contributed by atoms with Crippen LogP contribution in [0.15, 0.2) is 6.20 Å². The van der Waals surface area contributed by atoms with Crippen LogP contribution < -0.4 is 5.73 Å². The molecule has 1 fully saturated rings. The Bertz CT molecular complexity index is 457. The van der Waals surface area contributed by atoms with Crippen LogP contribution in [0.4, 0.5) is 5.69 Å². The second-order valence-electron chi connectivity index (χ2n) is 4.76. The van der Waals surface area contributed by atoms with Crippen molar-refractivity contribution >= 4 is 16.5 Å². The van der Waals surface area contributed by atoms with Gasteiger partial charge in [-0.1, -0.05) is 0 Å². The van der Waals surface area contributed by atoms with E-state index in [2.05, 4.69) is 4.98 Å². The normalized spacial score (nSPS) is 18.8. The lowest BCUT2D eigenvalue weighted by molar-refractivity contribution is 0.0992. The van der Waals surface area contributed by atoms with E-state index in [1.165, 1.54) is 0 Å². The Hall–Kier alpha value is -0.940. The largest absolute Gasteiger partial charge is 0.398 e. The molecule has 0 amide bonds. The summed E-state index contributed by atoms with van der Waals surface area (Å²) >= 11 is 0. The number of hydrogen-bond donors (Lipinski definition) is 1. The lowest BCUT2D eigenvalue weighted by Crippen LogP contribution is -2.26. The van der Waals surface area contributed by atoms with Gasteiger partial charge in [0.05, 0.1) is 11.4 Å². The van der Waals surface area contributed by atoms with Crippen LogP contribution in [0.5, 0.6) is 0 Å². The first-order valence-electron chi connectivity index (χ1n) is 6.25. The number of pyridine rings is 1. The fourth-order valence-electron chi connectivity index (χ4n) is 2.13. The van der Waals surface area contributed by atoms with Gasteiger partial charge in [-0.3, -0.25) is 9.19 Å². The molecule has 2 rings (SSSR count). The molecule has 0 aromatic carbocycles. The average Bonchev–Trinajstić information content (AvgIpc) is 2.40. The molecule has 0 aliphatic carbocycles. The second-order valence-corrected chi connectivity index (χ2v) is 6.48. The van der Waals surface area contributed by atoms with E-state index in [1.54, 1.807) is 6.20 Å². The molecular formula is C13H20N2O2S. The summed E-state index contributed by atoms with van der Waals surface area (Å²) in [6.45, 7) is 5.33. The van der Waals surface area contributed by atoms with Crippen molar-refractivity contribution in [3.63, 3.8) is 0 Å². The van der Waals surface area contributed by atoms with E-state index < -0.39 is 10.8 Å². The molecule has 4 nitrogen and oxygen atoms in total. The molecule has 1 saturated heterocycles. The highest BCUT2D eigenvalue weighted by atomic mass is 32.2. The standard InChI is InChI=1S/C13H20N2O2S/c1-9-7-15-12(10(2)13(9)14)8-18(16)11-3-5-17-6-4-11/h7,11H,3-6,8H2,1-2H3,(H2,14,15). The molecule has 1 aliphatic rings. The fourth-order valence-corrected chi connectivity index (χ4v) is 3.64. The highest BCUT2D eigenvalue weighted by Gasteiger charge is 2.21. The third kappa shape index (κ3) is 2.90. The molecule has 0 saturated carbocycles. The fraction of sp³-hybridized carbons (Fsp3) is 0.615. The van der Waals surface area contributed by atoms with Gasteiger partial charge in [-0.05, 0) is 37.8 Å². The summed E-state index contributed by atoms with van der Waals surface area (Å²) in [7, 11) is -0.881. The van der Waals surface area contributed by atoms with Crippen molar-refractivity contribution in [1.82, 2.24) is 4.98 Å². The van der Waals surface area contributed by atoms with Gasteiger partial charge >= 0.3 is 0 Å². The maximum Gasteiger partial charge on any atom is 0.0665 e. The van der Waals surface area contributed by atoms with Crippen LogP contribution in [-0.2, 0) is 21.3 Å². The minimum atomic E-state index is -0.881. The van der Waals surface area contributed by atoms with E-state index in [0.29, 0.717) is 5.75 Å². The van der Waals surface area contributed by atoms with Crippen molar-refractivity contribution in [2.45, 2.75) is 37.7 Å². The van der Waals surface area contributed by atoms with Gasteiger partial charge in [0.25, 0.3) is 0 Å². The van der Waals surface area contributed by atoms with Crippen molar-refractivity contribution in [1.29, 1.82) is 0 Å². The minimum absolute atomic E-state index is 0.238. The van der Waals surface area contributed by atoms with E-state index >= 15 is 0 Å². The van der Waals surface area contributed by atoms with Gasteiger partial charge in [0.1, 0.15) is 0 Å². The molecule has 1 unspecified atom stereocenters. The number of nitrogens with two attached hydrogens (primary N) is 1. The minimum Gasteiger partial charge on any atom is -0.398 e. The van der Waals surface area contributed by atoms with Gasteiger partial charge in [0.15, 0.2) is 0 Å². The summed E-state index contributed by atoms with van der Waals surface area (Å²) < 4.78 is 17.6.